The zero-order chi connectivity index (χ0) is 16.5. The van der Waals surface area contributed by atoms with Gasteiger partial charge >= 0.3 is 12.1 Å². The quantitative estimate of drug-likeness (QED) is 0.860. The Hall–Kier alpha value is -2.63. The minimum absolute atomic E-state index is 0.319. The fourth-order valence-corrected chi connectivity index (χ4v) is 1.98. The minimum Gasteiger partial charge on any atom is -0.478 e. The molecular weight excluding hydrogens is 289 g/mol. The van der Waals surface area contributed by atoms with Crippen LogP contribution in [0.5, 0.6) is 0 Å². The largest absolute Gasteiger partial charge is 0.478 e. The summed E-state index contributed by atoms with van der Waals surface area (Å²) in [6.45, 7) is 5.17. The number of aliphatic carboxylic acids is 1. The monoisotopic (exact) mass is 305 g/mol. The van der Waals surface area contributed by atoms with Crippen molar-refractivity contribution in [3.05, 3.63) is 41.9 Å². The molecule has 116 valence electrons. The Morgan fingerprint density at radius 2 is 2.00 bits per heavy atom. The molecule has 5 nitrogen and oxygen atoms in total. The van der Waals surface area contributed by atoms with Gasteiger partial charge in [0, 0.05) is 23.2 Å². The van der Waals surface area contributed by atoms with E-state index in [2.05, 4.69) is 0 Å². The van der Waals surface area contributed by atoms with E-state index in [9.17, 15) is 14.0 Å². The van der Waals surface area contributed by atoms with Crippen molar-refractivity contribution in [1.29, 1.82) is 0 Å². The van der Waals surface area contributed by atoms with Gasteiger partial charge in [-0.3, -0.25) is 4.57 Å². The zero-order valence-electron chi connectivity index (χ0n) is 12.5. The van der Waals surface area contributed by atoms with Crippen molar-refractivity contribution in [2.75, 3.05) is 0 Å². The Morgan fingerprint density at radius 1 is 1.32 bits per heavy atom. The molecule has 0 amide bonds. The molecule has 0 aliphatic rings. The van der Waals surface area contributed by atoms with Crippen molar-refractivity contribution in [3.8, 4) is 0 Å². The Bertz CT molecular complexity index is 768. The number of ether oxygens (including phenoxy) is 1. The lowest BCUT2D eigenvalue weighted by atomic mass is 10.1. The van der Waals surface area contributed by atoms with Crippen LogP contribution >= 0.6 is 0 Å². The van der Waals surface area contributed by atoms with E-state index >= 15 is 0 Å². The van der Waals surface area contributed by atoms with Gasteiger partial charge in [0.05, 0.1) is 5.52 Å². The van der Waals surface area contributed by atoms with Crippen molar-refractivity contribution in [3.63, 3.8) is 0 Å². The number of carbonyl (C=O) groups is 2. The van der Waals surface area contributed by atoms with Crippen LogP contribution in [0.15, 0.2) is 30.5 Å². The lowest BCUT2D eigenvalue weighted by Gasteiger charge is -2.19. The van der Waals surface area contributed by atoms with E-state index in [1.807, 2.05) is 0 Å². The molecule has 0 unspecified atom stereocenters. The third-order valence-electron chi connectivity index (χ3n) is 2.79. The Balaban J connectivity index is 2.56. The summed E-state index contributed by atoms with van der Waals surface area (Å²) in [6.07, 6.45) is 3.08. The van der Waals surface area contributed by atoms with E-state index in [4.69, 9.17) is 9.84 Å². The Labute approximate surface area is 126 Å². The fourth-order valence-electron chi connectivity index (χ4n) is 1.98. The second-order valence-corrected chi connectivity index (χ2v) is 5.77. The normalized spacial score (nSPS) is 12.0. The molecule has 0 aliphatic carbocycles. The van der Waals surface area contributed by atoms with Gasteiger partial charge in [-0.2, -0.15) is 0 Å². The fraction of sp³-hybridized carbons (Fsp3) is 0.250. The van der Waals surface area contributed by atoms with Crippen LogP contribution in [0, 0.1) is 5.82 Å². The molecule has 0 atom stereocenters. The first-order valence-electron chi connectivity index (χ1n) is 6.62. The van der Waals surface area contributed by atoms with Gasteiger partial charge in [-0.25, -0.2) is 14.0 Å². The number of halogens is 1. The Kier molecular flexibility index (Phi) is 4.03. The summed E-state index contributed by atoms with van der Waals surface area (Å²) < 4.78 is 19.9. The second kappa shape index (κ2) is 5.63. The number of carboxylic acid groups (broad SMARTS) is 1. The van der Waals surface area contributed by atoms with Crippen LogP contribution in [0.3, 0.4) is 0 Å². The number of rotatable bonds is 2. The molecule has 1 aromatic heterocycles. The third-order valence-corrected chi connectivity index (χ3v) is 2.79. The maximum Gasteiger partial charge on any atom is 0.419 e. The van der Waals surface area contributed by atoms with Crippen LogP contribution in [0.4, 0.5) is 9.18 Å². The van der Waals surface area contributed by atoms with E-state index in [-0.39, 0.29) is 0 Å². The van der Waals surface area contributed by atoms with Crippen molar-refractivity contribution in [2.24, 2.45) is 0 Å². The summed E-state index contributed by atoms with van der Waals surface area (Å²) in [4.78, 5) is 22.9. The van der Waals surface area contributed by atoms with Gasteiger partial charge in [0.2, 0.25) is 0 Å². The molecule has 0 bridgehead atoms. The van der Waals surface area contributed by atoms with Crippen molar-refractivity contribution < 1.29 is 23.8 Å². The maximum absolute atomic E-state index is 13.5. The molecule has 6 heteroatoms. The highest BCUT2D eigenvalue weighted by atomic mass is 19.1. The molecule has 2 rings (SSSR count). The summed E-state index contributed by atoms with van der Waals surface area (Å²) in [5.41, 5.74) is 0.112. The van der Waals surface area contributed by atoms with Gasteiger partial charge in [-0.05, 0) is 45.0 Å². The number of carboxylic acids is 1. The van der Waals surface area contributed by atoms with E-state index in [0.717, 1.165) is 6.08 Å². The topological polar surface area (TPSA) is 68.5 Å². The van der Waals surface area contributed by atoms with E-state index in [1.165, 1.54) is 35.0 Å². The molecule has 2 aromatic rings. The van der Waals surface area contributed by atoms with Crippen LogP contribution in [0.2, 0.25) is 0 Å². The molecule has 1 heterocycles. The molecule has 0 spiro atoms. The smallest absolute Gasteiger partial charge is 0.419 e. The first-order valence-corrected chi connectivity index (χ1v) is 6.62. The number of nitrogens with zero attached hydrogens (tertiary/aromatic N) is 1. The van der Waals surface area contributed by atoms with Crippen LogP contribution in [-0.2, 0) is 9.53 Å². The first-order chi connectivity index (χ1) is 10.2. The molecule has 1 aromatic carbocycles. The molecule has 0 aliphatic heterocycles. The highest BCUT2D eigenvalue weighted by Crippen LogP contribution is 2.25. The summed E-state index contributed by atoms with van der Waals surface area (Å²) in [5, 5.41) is 9.27. The summed E-state index contributed by atoms with van der Waals surface area (Å²) in [5.74, 6) is -1.61. The van der Waals surface area contributed by atoms with Gasteiger partial charge in [0.15, 0.2) is 0 Å². The van der Waals surface area contributed by atoms with Gasteiger partial charge in [-0.15, -0.1) is 0 Å². The maximum atomic E-state index is 13.5. The average Bonchev–Trinajstić information content (AvgIpc) is 2.72. The van der Waals surface area contributed by atoms with Crippen molar-refractivity contribution in [1.82, 2.24) is 4.57 Å². The standard InChI is InChI=1S/C16H16FNO4/c1-16(2,3)22-15(21)18-9-10(4-7-14(19)20)12-6-5-11(17)8-13(12)18/h4-9H,1-3H3,(H,19,20). The molecule has 0 saturated carbocycles. The number of carbonyl (C=O) groups excluding carboxylic acids is 1. The molecule has 0 saturated heterocycles. The predicted octanol–water partition coefficient (Wildman–Crippen LogP) is 3.66. The van der Waals surface area contributed by atoms with Gasteiger partial charge in [0.1, 0.15) is 11.4 Å². The van der Waals surface area contributed by atoms with E-state index in [1.54, 1.807) is 20.8 Å². The highest BCUT2D eigenvalue weighted by Gasteiger charge is 2.20. The van der Waals surface area contributed by atoms with Crippen molar-refractivity contribution in [2.45, 2.75) is 26.4 Å². The van der Waals surface area contributed by atoms with Crippen LogP contribution in [-0.4, -0.2) is 27.3 Å². The summed E-state index contributed by atoms with van der Waals surface area (Å²) >= 11 is 0. The summed E-state index contributed by atoms with van der Waals surface area (Å²) in [6, 6.07) is 3.95. The molecule has 0 radical (unpaired) electrons. The average molecular weight is 305 g/mol. The molecule has 0 fully saturated rings. The molecule has 22 heavy (non-hydrogen) atoms. The number of hydrogen-bond acceptors (Lipinski definition) is 3. The number of hydrogen-bond donors (Lipinski definition) is 1. The summed E-state index contributed by atoms with van der Waals surface area (Å²) in [7, 11) is 0. The molecule has 1 N–H and O–H groups in total. The van der Waals surface area contributed by atoms with E-state index < -0.39 is 23.5 Å². The van der Waals surface area contributed by atoms with Crippen LogP contribution in [0.25, 0.3) is 17.0 Å². The lowest BCUT2D eigenvalue weighted by Crippen LogP contribution is -2.26. The van der Waals surface area contributed by atoms with Crippen LogP contribution in [0.1, 0.15) is 26.3 Å². The molecular formula is C16H16FNO4. The zero-order valence-corrected chi connectivity index (χ0v) is 12.5. The Morgan fingerprint density at radius 3 is 2.59 bits per heavy atom. The highest BCUT2D eigenvalue weighted by molar-refractivity contribution is 5.97. The number of fused-ring (bicyclic) bond motifs is 1. The van der Waals surface area contributed by atoms with E-state index in [0.29, 0.717) is 16.5 Å². The second-order valence-electron chi connectivity index (χ2n) is 5.77. The lowest BCUT2D eigenvalue weighted by molar-refractivity contribution is -0.131. The predicted molar refractivity (Wildman–Crippen MR) is 80.2 cm³/mol. The van der Waals surface area contributed by atoms with Crippen LogP contribution < -0.4 is 0 Å². The van der Waals surface area contributed by atoms with Gasteiger partial charge in [0.25, 0.3) is 0 Å². The number of aromatic nitrogens is 1. The first kappa shape index (κ1) is 15.8. The third kappa shape index (κ3) is 3.52. The number of benzene rings is 1. The SMILES string of the molecule is CC(C)(C)OC(=O)n1cc(C=CC(=O)O)c2ccc(F)cc21. The van der Waals surface area contributed by atoms with Gasteiger partial charge in [-0.1, -0.05) is 0 Å². The minimum atomic E-state index is -1.11. The van der Waals surface area contributed by atoms with Gasteiger partial charge < -0.3 is 9.84 Å². The van der Waals surface area contributed by atoms with Crippen molar-refractivity contribution >= 4 is 29.0 Å².